The van der Waals surface area contributed by atoms with Crippen LogP contribution in [0.1, 0.15) is 18.1 Å². The Balaban J connectivity index is 2.02. The molecule has 29 heavy (non-hydrogen) atoms. The molecular formula is C22H19FN2O3S. The molecule has 1 unspecified atom stereocenters. The van der Waals surface area contributed by atoms with E-state index in [9.17, 15) is 19.2 Å². The lowest BCUT2D eigenvalue weighted by Crippen LogP contribution is -2.30. The number of thioether (sulfide) groups is 1. The van der Waals surface area contributed by atoms with Crippen LogP contribution in [0.15, 0.2) is 59.1 Å². The highest BCUT2D eigenvalue weighted by atomic mass is 32.2. The van der Waals surface area contributed by atoms with Crippen molar-refractivity contribution in [3.8, 4) is 6.07 Å². The van der Waals surface area contributed by atoms with Crippen LogP contribution in [0.4, 0.5) is 10.1 Å². The Morgan fingerprint density at radius 1 is 1.21 bits per heavy atom. The second-order valence-corrected chi connectivity index (χ2v) is 7.65. The van der Waals surface area contributed by atoms with Crippen molar-refractivity contribution in [2.45, 2.75) is 25.5 Å². The van der Waals surface area contributed by atoms with Crippen LogP contribution in [0.2, 0.25) is 0 Å². The fourth-order valence-electron chi connectivity index (χ4n) is 2.94. The van der Waals surface area contributed by atoms with E-state index in [4.69, 9.17) is 4.74 Å². The first-order valence-corrected chi connectivity index (χ1v) is 9.95. The molecule has 2 aromatic rings. The Bertz CT molecular complexity index is 994. The molecule has 0 aliphatic carbocycles. The maximum absolute atomic E-state index is 13.4. The Hall–Kier alpha value is -3.11. The van der Waals surface area contributed by atoms with Crippen molar-refractivity contribution >= 4 is 29.3 Å². The van der Waals surface area contributed by atoms with E-state index in [-0.39, 0.29) is 23.1 Å². The minimum absolute atomic E-state index is 0.110. The van der Waals surface area contributed by atoms with E-state index in [0.717, 1.165) is 22.9 Å². The number of esters is 1. The second-order valence-electron chi connectivity index (χ2n) is 6.46. The van der Waals surface area contributed by atoms with Crippen LogP contribution in [0.5, 0.6) is 0 Å². The third-order valence-electron chi connectivity index (χ3n) is 4.38. The molecule has 1 saturated heterocycles. The van der Waals surface area contributed by atoms with Crippen LogP contribution in [0, 0.1) is 24.1 Å². The molecule has 1 aliphatic rings. The molecule has 1 heterocycles. The average molecular weight is 410 g/mol. The fraction of sp³-hybridized carbons (Fsp3) is 0.227. The normalized spacial score (nSPS) is 17.8. The second kappa shape index (κ2) is 8.93. The zero-order valence-electron chi connectivity index (χ0n) is 16.0. The van der Waals surface area contributed by atoms with Gasteiger partial charge in [0, 0.05) is 5.69 Å². The van der Waals surface area contributed by atoms with Gasteiger partial charge in [-0.15, -0.1) is 0 Å². The first kappa shape index (κ1) is 20.6. The summed E-state index contributed by atoms with van der Waals surface area (Å²) in [4.78, 5) is 26.8. The monoisotopic (exact) mass is 410 g/mol. The predicted octanol–water partition coefficient (Wildman–Crippen LogP) is 4.12. The summed E-state index contributed by atoms with van der Waals surface area (Å²) in [6.07, 6.45) is 0.437. The lowest BCUT2D eigenvalue weighted by Gasteiger charge is -2.18. The molecule has 1 atom stereocenters. The van der Waals surface area contributed by atoms with Gasteiger partial charge in [0.2, 0.25) is 5.91 Å². The lowest BCUT2D eigenvalue weighted by atomic mass is 10.1. The zero-order chi connectivity index (χ0) is 21.0. The number of rotatable bonds is 5. The van der Waals surface area contributed by atoms with Crippen molar-refractivity contribution < 1.29 is 18.7 Å². The molecule has 0 saturated carbocycles. The number of benzene rings is 2. The van der Waals surface area contributed by atoms with Gasteiger partial charge in [0.1, 0.15) is 16.9 Å². The van der Waals surface area contributed by atoms with Crippen molar-refractivity contribution in [2.24, 2.45) is 0 Å². The van der Waals surface area contributed by atoms with Gasteiger partial charge in [0.05, 0.1) is 11.9 Å². The Morgan fingerprint density at radius 2 is 1.86 bits per heavy atom. The lowest BCUT2D eigenvalue weighted by molar-refractivity contribution is -0.138. The van der Waals surface area contributed by atoms with E-state index in [1.165, 1.54) is 29.2 Å². The van der Waals surface area contributed by atoms with Crippen LogP contribution in [0.3, 0.4) is 0 Å². The number of aryl methyl sites for hydroxylation is 1. The van der Waals surface area contributed by atoms with Gasteiger partial charge in [-0.05, 0) is 50.1 Å². The molecule has 7 heteroatoms. The van der Waals surface area contributed by atoms with Gasteiger partial charge in [0.25, 0.3) is 0 Å². The number of carbonyl (C=O) groups excluding carboxylic acids is 2. The van der Waals surface area contributed by atoms with Crippen molar-refractivity contribution in [2.75, 3.05) is 11.5 Å². The number of ether oxygens (including phenoxy) is 1. The molecule has 3 rings (SSSR count). The first-order chi connectivity index (χ1) is 13.9. The number of hydrogen-bond acceptors (Lipinski definition) is 5. The van der Waals surface area contributed by atoms with Gasteiger partial charge in [-0.25, -0.2) is 9.18 Å². The quantitative estimate of drug-likeness (QED) is 0.421. The van der Waals surface area contributed by atoms with Gasteiger partial charge in [-0.2, -0.15) is 5.26 Å². The fourth-order valence-corrected chi connectivity index (χ4v) is 4.24. The van der Waals surface area contributed by atoms with Gasteiger partial charge in [0.15, 0.2) is 5.57 Å². The highest BCUT2D eigenvalue weighted by molar-refractivity contribution is 8.05. The Labute approximate surface area is 172 Å². The topological polar surface area (TPSA) is 70.4 Å². The summed E-state index contributed by atoms with van der Waals surface area (Å²) in [6.45, 7) is 3.73. The van der Waals surface area contributed by atoms with E-state index >= 15 is 0 Å². The summed E-state index contributed by atoms with van der Waals surface area (Å²) in [6, 6.07) is 15.1. The summed E-state index contributed by atoms with van der Waals surface area (Å²) in [7, 11) is 0. The Kier molecular flexibility index (Phi) is 6.35. The number of amides is 1. The predicted molar refractivity (Wildman–Crippen MR) is 109 cm³/mol. The molecular weight excluding hydrogens is 391 g/mol. The van der Waals surface area contributed by atoms with Gasteiger partial charge >= 0.3 is 5.97 Å². The van der Waals surface area contributed by atoms with Crippen molar-refractivity contribution in [3.05, 3.63) is 76.1 Å². The van der Waals surface area contributed by atoms with E-state index in [1.54, 1.807) is 6.92 Å². The van der Waals surface area contributed by atoms with Crippen LogP contribution in [-0.2, 0) is 20.7 Å². The number of carbonyl (C=O) groups is 2. The van der Waals surface area contributed by atoms with E-state index in [1.807, 2.05) is 37.3 Å². The molecule has 5 nitrogen and oxygen atoms in total. The maximum atomic E-state index is 13.4. The van der Waals surface area contributed by atoms with Crippen molar-refractivity contribution in [3.63, 3.8) is 0 Å². The van der Waals surface area contributed by atoms with Crippen molar-refractivity contribution in [1.29, 1.82) is 5.26 Å². The highest BCUT2D eigenvalue weighted by Gasteiger charge is 2.41. The zero-order valence-corrected chi connectivity index (χ0v) is 16.8. The van der Waals surface area contributed by atoms with Gasteiger partial charge in [-0.3, -0.25) is 9.69 Å². The van der Waals surface area contributed by atoms with Gasteiger partial charge < -0.3 is 4.74 Å². The van der Waals surface area contributed by atoms with Crippen LogP contribution in [-0.4, -0.2) is 23.7 Å². The minimum Gasteiger partial charge on any atom is -0.462 e. The van der Waals surface area contributed by atoms with Crippen LogP contribution in [0.25, 0.3) is 0 Å². The summed E-state index contributed by atoms with van der Waals surface area (Å²) in [5, 5.41) is 9.26. The van der Waals surface area contributed by atoms with Crippen molar-refractivity contribution in [1.82, 2.24) is 0 Å². The van der Waals surface area contributed by atoms with E-state index in [0.29, 0.717) is 12.1 Å². The number of halogens is 1. The molecule has 148 valence electrons. The minimum atomic E-state index is -0.784. The summed E-state index contributed by atoms with van der Waals surface area (Å²) >= 11 is 1.15. The molecule has 0 radical (unpaired) electrons. The smallest absolute Gasteiger partial charge is 0.351 e. The largest absolute Gasteiger partial charge is 0.462 e. The molecule has 0 N–H and O–H groups in total. The average Bonchev–Trinajstić information content (AvgIpc) is 3.01. The standard InChI is InChI=1S/C22H19FN2O3S/c1-3-28-22(27)18(13-24)21-25(17-10-8-16(23)9-11-17)20(26)19(29-21)12-15-6-4-14(2)5-7-15/h4-11,19H,3,12H2,1-2H3. The Morgan fingerprint density at radius 3 is 2.45 bits per heavy atom. The molecule has 1 fully saturated rings. The molecule has 0 bridgehead atoms. The molecule has 1 aliphatic heterocycles. The molecule has 2 aromatic carbocycles. The SMILES string of the molecule is CCOC(=O)C(C#N)=C1SC(Cc2ccc(C)cc2)C(=O)N1c1ccc(F)cc1. The summed E-state index contributed by atoms with van der Waals surface area (Å²) in [5.74, 6) is -1.50. The van der Waals surface area contributed by atoms with E-state index in [2.05, 4.69) is 0 Å². The number of nitriles is 1. The molecule has 0 aromatic heterocycles. The number of anilines is 1. The van der Waals surface area contributed by atoms with Crippen LogP contribution >= 0.6 is 11.8 Å². The third kappa shape index (κ3) is 4.49. The number of nitrogens with zero attached hydrogens (tertiary/aromatic N) is 2. The van der Waals surface area contributed by atoms with E-state index < -0.39 is 17.0 Å². The highest BCUT2D eigenvalue weighted by Crippen LogP contribution is 2.42. The molecule has 1 amide bonds. The molecule has 0 spiro atoms. The summed E-state index contributed by atoms with van der Waals surface area (Å²) < 4.78 is 18.4. The van der Waals surface area contributed by atoms with Gasteiger partial charge in [-0.1, -0.05) is 41.6 Å². The summed E-state index contributed by atoms with van der Waals surface area (Å²) in [5.41, 5.74) is 2.24. The maximum Gasteiger partial charge on any atom is 0.351 e. The van der Waals surface area contributed by atoms with Crippen LogP contribution < -0.4 is 4.90 Å². The third-order valence-corrected chi connectivity index (χ3v) is 5.65. The first-order valence-electron chi connectivity index (χ1n) is 9.07. The number of hydrogen-bond donors (Lipinski definition) is 0.